The first-order valence-electron chi connectivity index (χ1n) is 12.6. The Labute approximate surface area is 219 Å². The van der Waals surface area contributed by atoms with Crippen molar-refractivity contribution >= 4 is 41.4 Å². The molecule has 37 heavy (non-hydrogen) atoms. The lowest BCUT2D eigenvalue weighted by Crippen LogP contribution is -2.34. The van der Waals surface area contributed by atoms with E-state index in [-0.39, 0.29) is 30.3 Å². The number of benzene rings is 1. The number of anilines is 2. The van der Waals surface area contributed by atoms with Crippen LogP contribution in [0.5, 0.6) is 0 Å². The van der Waals surface area contributed by atoms with Crippen LogP contribution in [0.4, 0.5) is 11.5 Å². The summed E-state index contributed by atoms with van der Waals surface area (Å²) >= 11 is 0. The SMILES string of the molecule is CC(=O)Nc1cc(-c2cc3c(c(NS(C)(=O)=O)c2)C(=O)N([C@@H](C)C2CC2)C3)n(COCC[Si](C)(C)C)n1. The zero-order valence-electron chi connectivity index (χ0n) is 22.4. The van der Waals surface area contributed by atoms with Gasteiger partial charge < -0.3 is 15.0 Å². The highest BCUT2D eigenvalue weighted by atomic mass is 32.2. The number of fused-ring (bicyclic) bond motifs is 1. The molecular weight excluding hydrogens is 510 g/mol. The molecule has 1 aliphatic carbocycles. The van der Waals surface area contributed by atoms with E-state index in [1.165, 1.54) is 6.92 Å². The Morgan fingerprint density at radius 1 is 1.24 bits per heavy atom. The van der Waals surface area contributed by atoms with Crippen molar-refractivity contribution in [3.8, 4) is 11.3 Å². The van der Waals surface area contributed by atoms with Gasteiger partial charge in [-0.2, -0.15) is 5.10 Å². The number of hydrogen-bond acceptors (Lipinski definition) is 6. The summed E-state index contributed by atoms with van der Waals surface area (Å²) in [5, 5.41) is 7.21. The first-order valence-corrected chi connectivity index (χ1v) is 18.2. The van der Waals surface area contributed by atoms with Gasteiger partial charge in [0.2, 0.25) is 15.9 Å². The third-order valence-electron chi connectivity index (χ3n) is 6.72. The van der Waals surface area contributed by atoms with Gasteiger partial charge in [0.1, 0.15) is 6.73 Å². The highest BCUT2D eigenvalue weighted by molar-refractivity contribution is 7.92. The smallest absolute Gasteiger partial charge is 0.256 e. The fourth-order valence-electron chi connectivity index (χ4n) is 4.59. The lowest BCUT2D eigenvalue weighted by atomic mass is 10.0. The summed E-state index contributed by atoms with van der Waals surface area (Å²) in [6.45, 7) is 11.5. The van der Waals surface area contributed by atoms with Gasteiger partial charge in [-0.1, -0.05) is 19.6 Å². The molecule has 10 nitrogen and oxygen atoms in total. The Hall–Kier alpha value is -2.70. The third-order valence-corrected chi connectivity index (χ3v) is 9.01. The molecule has 2 N–H and O–H groups in total. The second kappa shape index (κ2) is 10.2. The maximum absolute atomic E-state index is 13.4. The number of rotatable bonds is 11. The van der Waals surface area contributed by atoms with E-state index in [0.717, 1.165) is 30.7 Å². The van der Waals surface area contributed by atoms with Crippen LogP contribution in [0.3, 0.4) is 0 Å². The normalized spacial score (nSPS) is 16.6. The summed E-state index contributed by atoms with van der Waals surface area (Å²) in [5.74, 6) is 0.447. The van der Waals surface area contributed by atoms with Crippen molar-refractivity contribution in [1.82, 2.24) is 14.7 Å². The predicted molar refractivity (Wildman–Crippen MR) is 147 cm³/mol. The molecule has 1 saturated carbocycles. The van der Waals surface area contributed by atoms with Crippen molar-refractivity contribution in [3.63, 3.8) is 0 Å². The maximum atomic E-state index is 13.4. The fraction of sp³-hybridized carbons (Fsp3) is 0.560. The van der Waals surface area contributed by atoms with Gasteiger partial charge in [0.25, 0.3) is 5.91 Å². The van der Waals surface area contributed by atoms with Crippen LogP contribution in [-0.4, -0.2) is 61.9 Å². The van der Waals surface area contributed by atoms with Crippen LogP contribution in [0.1, 0.15) is 42.6 Å². The van der Waals surface area contributed by atoms with Crippen LogP contribution in [0.2, 0.25) is 25.7 Å². The summed E-state index contributed by atoms with van der Waals surface area (Å²) in [6.07, 6.45) is 3.27. The molecule has 0 saturated heterocycles. The average Bonchev–Trinajstić information content (AvgIpc) is 3.45. The average molecular weight is 548 g/mol. The standard InChI is InChI=1S/C25H37N5O5SSi/c1-16(18-7-8-18)29-14-20-11-19(12-21(24(20)25(29)32)28-36(3,33)34)22-13-23(26-17(2)31)27-30(22)15-35-9-10-37(4,5)6/h11-13,16,18,28H,7-10,14-15H2,1-6H3,(H,26,27,31)/t16-/m0/s1. The van der Waals surface area contributed by atoms with Crippen LogP contribution in [-0.2, 0) is 32.8 Å². The molecule has 0 bridgehead atoms. The van der Waals surface area contributed by atoms with Gasteiger partial charge in [0.15, 0.2) is 5.82 Å². The fourth-order valence-corrected chi connectivity index (χ4v) is 5.90. The van der Waals surface area contributed by atoms with Gasteiger partial charge in [-0.25, -0.2) is 13.1 Å². The zero-order valence-corrected chi connectivity index (χ0v) is 24.2. The van der Waals surface area contributed by atoms with Crippen molar-refractivity contribution in [2.75, 3.05) is 22.9 Å². The van der Waals surface area contributed by atoms with Crippen LogP contribution < -0.4 is 10.0 Å². The van der Waals surface area contributed by atoms with Crippen LogP contribution in [0.25, 0.3) is 11.3 Å². The van der Waals surface area contributed by atoms with Crippen molar-refractivity contribution < 1.29 is 22.7 Å². The Bertz CT molecular complexity index is 1310. The summed E-state index contributed by atoms with van der Waals surface area (Å²) in [5.41, 5.74) is 2.73. The Morgan fingerprint density at radius 3 is 2.54 bits per heavy atom. The van der Waals surface area contributed by atoms with Gasteiger partial charge in [-0.3, -0.25) is 14.3 Å². The molecule has 1 fully saturated rings. The second-order valence-electron chi connectivity index (χ2n) is 11.4. The van der Waals surface area contributed by atoms with E-state index in [1.807, 2.05) is 11.0 Å². The first kappa shape index (κ1) is 27.3. The summed E-state index contributed by atoms with van der Waals surface area (Å²) in [7, 11) is -4.91. The summed E-state index contributed by atoms with van der Waals surface area (Å²) < 4.78 is 34.6. The van der Waals surface area contributed by atoms with E-state index in [9.17, 15) is 18.0 Å². The molecule has 12 heteroatoms. The molecule has 2 heterocycles. The predicted octanol–water partition coefficient (Wildman–Crippen LogP) is 3.95. The minimum Gasteiger partial charge on any atom is -0.360 e. The molecule has 1 atom stereocenters. The lowest BCUT2D eigenvalue weighted by Gasteiger charge is -2.24. The Balaban J connectivity index is 1.72. The molecule has 2 aliphatic rings. The summed E-state index contributed by atoms with van der Waals surface area (Å²) in [4.78, 5) is 26.9. The van der Waals surface area contributed by atoms with E-state index in [0.29, 0.717) is 41.7 Å². The molecule has 0 unspecified atom stereocenters. The number of hydrogen-bond donors (Lipinski definition) is 2. The largest absolute Gasteiger partial charge is 0.360 e. The van der Waals surface area contributed by atoms with Crippen LogP contribution >= 0.6 is 0 Å². The first-order chi connectivity index (χ1) is 17.2. The molecule has 2 amide bonds. The zero-order chi connectivity index (χ0) is 27.1. The molecule has 0 radical (unpaired) electrons. The molecular formula is C25H37N5O5SSi. The van der Waals surface area contributed by atoms with Crippen molar-refractivity contribution in [2.45, 2.75) is 71.7 Å². The van der Waals surface area contributed by atoms with E-state index in [4.69, 9.17) is 4.74 Å². The minimum atomic E-state index is -3.64. The number of nitrogens with one attached hydrogen (secondary N) is 2. The van der Waals surface area contributed by atoms with E-state index >= 15 is 0 Å². The Morgan fingerprint density at radius 2 is 1.95 bits per heavy atom. The van der Waals surface area contributed by atoms with Crippen LogP contribution in [0.15, 0.2) is 18.2 Å². The van der Waals surface area contributed by atoms with Crippen LogP contribution in [0, 0.1) is 5.92 Å². The highest BCUT2D eigenvalue weighted by Gasteiger charge is 2.40. The topological polar surface area (TPSA) is 123 Å². The molecule has 4 rings (SSSR count). The number of ether oxygens (including phenoxy) is 1. The number of amides is 2. The molecule has 1 aromatic heterocycles. The molecule has 0 spiro atoms. The van der Waals surface area contributed by atoms with E-state index < -0.39 is 18.1 Å². The quantitative estimate of drug-likeness (QED) is 0.324. The minimum absolute atomic E-state index is 0.0890. The molecule has 1 aliphatic heterocycles. The van der Waals surface area contributed by atoms with Crippen molar-refractivity contribution in [1.29, 1.82) is 0 Å². The number of nitrogens with zero attached hydrogens (tertiary/aromatic N) is 3. The Kier molecular flexibility index (Phi) is 7.55. The third kappa shape index (κ3) is 6.79. The summed E-state index contributed by atoms with van der Waals surface area (Å²) in [6, 6.07) is 6.40. The number of carbonyl (C=O) groups is 2. The van der Waals surface area contributed by atoms with Crippen molar-refractivity contribution in [2.24, 2.45) is 5.92 Å². The number of aromatic nitrogens is 2. The molecule has 2 aromatic rings. The monoisotopic (exact) mass is 547 g/mol. The van der Waals surface area contributed by atoms with E-state index in [2.05, 4.69) is 41.7 Å². The van der Waals surface area contributed by atoms with Gasteiger partial charge in [0.05, 0.1) is 23.2 Å². The molecule has 1 aromatic carbocycles. The van der Waals surface area contributed by atoms with Gasteiger partial charge in [-0.05, 0) is 49.4 Å². The van der Waals surface area contributed by atoms with Gasteiger partial charge in [-0.15, -0.1) is 0 Å². The van der Waals surface area contributed by atoms with E-state index in [1.54, 1.807) is 16.8 Å². The van der Waals surface area contributed by atoms with Gasteiger partial charge in [0, 0.05) is 45.8 Å². The molecule has 202 valence electrons. The van der Waals surface area contributed by atoms with Gasteiger partial charge >= 0.3 is 0 Å². The number of carbonyl (C=O) groups excluding carboxylic acids is 2. The van der Waals surface area contributed by atoms with Crippen molar-refractivity contribution in [3.05, 3.63) is 29.3 Å². The lowest BCUT2D eigenvalue weighted by molar-refractivity contribution is -0.114. The maximum Gasteiger partial charge on any atom is 0.256 e. The number of sulfonamides is 1. The highest BCUT2D eigenvalue weighted by Crippen LogP contribution is 2.41. The second-order valence-corrected chi connectivity index (χ2v) is 18.8.